The Labute approximate surface area is 173 Å². The molecule has 2 aromatic heterocycles. The number of amides is 1. The number of rotatable bonds is 5. The number of nitrogens with one attached hydrogen (secondary N) is 2. The number of fused-ring (bicyclic) bond motifs is 1. The van der Waals surface area contributed by atoms with Gasteiger partial charge in [0.05, 0.1) is 25.3 Å². The minimum absolute atomic E-state index is 0.0209. The molecular weight excluding hydrogens is 394 g/mol. The maximum atomic E-state index is 12.7. The van der Waals surface area contributed by atoms with Crippen LogP contribution in [0.1, 0.15) is 21.7 Å². The highest BCUT2D eigenvalue weighted by molar-refractivity contribution is 6.35. The van der Waals surface area contributed by atoms with Gasteiger partial charge in [-0.2, -0.15) is 0 Å². The molecule has 0 saturated carbocycles. The molecule has 1 fully saturated rings. The van der Waals surface area contributed by atoms with Crippen LogP contribution in [0.5, 0.6) is 5.75 Å². The van der Waals surface area contributed by atoms with E-state index in [-0.39, 0.29) is 5.91 Å². The maximum absolute atomic E-state index is 12.7. The van der Waals surface area contributed by atoms with E-state index in [0.29, 0.717) is 66.2 Å². The van der Waals surface area contributed by atoms with Gasteiger partial charge in [-0.3, -0.25) is 4.79 Å². The number of hydrogen-bond acceptors (Lipinski definition) is 6. The number of aromatic nitrogens is 3. The Bertz CT molecular complexity index is 1050. The third-order valence-corrected chi connectivity index (χ3v) is 5.23. The largest absolute Gasteiger partial charge is 0.496 e. The molecule has 29 heavy (non-hydrogen) atoms. The Kier molecular flexibility index (Phi) is 5.55. The number of anilines is 1. The first kappa shape index (κ1) is 19.5. The predicted molar refractivity (Wildman–Crippen MR) is 111 cm³/mol. The van der Waals surface area contributed by atoms with Crippen LogP contribution in [-0.2, 0) is 11.2 Å². The van der Waals surface area contributed by atoms with Gasteiger partial charge in [0.1, 0.15) is 22.6 Å². The summed E-state index contributed by atoms with van der Waals surface area (Å²) in [5.41, 5.74) is 2.91. The van der Waals surface area contributed by atoms with Crippen LogP contribution in [0.2, 0.25) is 5.02 Å². The van der Waals surface area contributed by atoms with Crippen LogP contribution in [0, 0.1) is 0 Å². The van der Waals surface area contributed by atoms with Crippen molar-refractivity contribution in [2.75, 3.05) is 45.8 Å². The summed E-state index contributed by atoms with van der Waals surface area (Å²) in [4.78, 5) is 26.8. The van der Waals surface area contributed by atoms with Crippen LogP contribution >= 0.6 is 11.6 Å². The lowest BCUT2D eigenvalue weighted by molar-refractivity contribution is 0.0302. The van der Waals surface area contributed by atoms with Gasteiger partial charge < -0.3 is 24.7 Å². The van der Waals surface area contributed by atoms with E-state index < -0.39 is 0 Å². The number of hydrogen-bond donors (Lipinski definition) is 2. The Balaban J connectivity index is 1.63. The van der Waals surface area contributed by atoms with Gasteiger partial charge in [0.2, 0.25) is 0 Å². The molecule has 152 valence electrons. The van der Waals surface area contributed by atoms with Crippen LogP contribution in [0.3, 0.4) is 0 Å². The minimum atomic E-state index is -0.0209. The summed E-state index contributed by atoms with van der Waals surface area (Å²) in [6, 6.07) is 5.47. The van der Waals surface area contributed by atoms with Gasteiger partial charge in [0.15, 0.2) is 5.82 Å². The third kappa shape index (κ3) is 3.86. The number of ether oxygens (including phenoxy) is 2. The van der Waals surface area contributed by atoms with Crippen molar-refractivity contribution >= 4 is 34.4 Å². The van der Waals surface area contributed by atoms with Crippen molar-refractivity contribution in [1.29, 1.82) is 0 Å². The van der Waals surface area contributed by atoms with Crippen molar-refractivity contribution in [3.8, 4) is 5.75 Å². The number of carbonyl (C=O) groups is 1. The molecule has 0 atom stereocenters. The smallest absolute Gasteiger partial charge is 0.254 e. The summed E-state index contributed by atoms with van der Waals surface area (Å²) in [6.45, 7) is 2.33. The van der Waals surface area contributed by atoms with Crippen LogP contribution in [0.4, 0.5) is 5.82 Å². The van der Waals surface area contributed by atoms with Gasteiger partial charge in [-0.1, -0.05) is 17.7 Å². The topological polar surface area (TPSA) is 92.4 Å². The van der Waals surface area contributed by atoms with E-state index in [1.807, 2.05) is 12.1 Å². The summed E-state index contributed by atoms with van der Waals surface area (Å²) in [5.74, 6) is 1.88. The van der Waals surface area contributed by atoms with E-state index >= 15 is 0 Å². The Morgan fingerprint density at radius 1 is 1.34 bits per heavy atom. The van der Waals surface area contributed by atoms with E-state index in [4.69, 9.17) is 21.1 Å². The van der Waals surface area contributed by atoms with Crippen molar-refractivity contribution < 1.29 is 14.3 Å². The van der Waals surface area contributed by atoms with Gasteiger partial charge in [0, 0.05) is 43.9 Å². The van der Waals surface area contributed by atoms with Gasteiger partial charge in [-0.25, -0.2) is 9.97 Å². The fraction of sp³-hybridized carbons (Fsp3) is 0.350. The molecule has 0 unspecified atom stereocenters. The molecule has 9 heteroatoms. The lowest BCUT2D eigenvalue weighted by Gasteiger charge is -2.27. The van der Waals surface area contributed by atoms with Crippen molar-refractivity contribution in [3.63, 3.8) is 0 Å². The fourth-order valence-corrected chi connectivity index (χ4v) is 3.61. The second kappa shape index (κ2) is 8.26. The normalized spacial score (nSPS) is 14.2. The number of aromatic amines is 1. The first-order valence-corrected chi connectivity index (χ1v) is 9.73. The van der Waals surface area contributed by atoms with Gasteiger partial charge >= 0.3 is 0 Å². The molecule has 0 radical (unpaired) electrons. The summed E-state index contributed by atoms with van der Waals surface area (Å²) in [7, 11) is 3.39. The molecule has 1 aliphatic rings. The van der Waals surface area contributed by atoms with Crippen molar-refractivity contribution in [1.82, 2.24) is 19.9 Å². The van der Waals surface area contributed by atoms with E-state index in [9.17, 15) is 4.79 Å². The molecule has 4 rings (SSSR count). The zero-order chi connectivity index (χ0) is 20.4. The first-order chi connectivity index (χ1) is 14.1. The van der Waals surface area contributed by atoms with Gasteiger partial charge in [-0.15, -0.1) is 0 Å². The average Bonchev–Trinajstić information content (AvgIpc) is 3.14. The van der Waals surface area contributed by atoms with E-state index in [2.05, 4.69) is 20.3 Å². The van der Waals surface area contributed by atoms with E-state index in [0.717, 1.165) is 11.1 Å². The standard InChI is InChI=1S/C20H22ClN5O3/c1-22-19-18-17(14(21)11-23-18)24-16(25-19)10-12-3-4-13(9-15(12)28-2)20(27)26-5-7-29-8-6-26/h3-4,9,11,23H,5-8,10H2,1-2H3,(H,22,24,25). The van der Waals surface area contributed by atoms with Crippen molar-refractivity contribution in [2.45, 2.75) is 6.42 Å². The SMILES string of the molecule is CNc1nc(Cc2ccc(C(=O)N3CCOCC3)cc2OC)nc2c(Cl)c[nH]c12. The average molecular weight is 416 g/mol. The highest BCUT2D eigenvalue weighted by atomic mass is 35.5. The quantitative estimate of drug-likeness (QED) is 0.665. The highest BCUT2D eigenvalue weighted by Crippen LogP contribution is 2.28. The summed E-state index contributed by atoms with van der Waals surface area (Å²) < 4.78 is 10.9. The fourth-order valence-electron chi connectivity index (χ4n) is 3.42. The Hall–Kier alpha value is -2.84. The van der Waals surface area contributed by atoms with Crippen LogP contribution in [0.25, 0.3) is 11.0 Å². The number of morpholine rings is 1. The van der Waals surface area contributed by atoms with Gasteiger partial charge in [-0.05, 0) is 12.1 Å². The summed E-state index contributed by atoms with van der Waals surface area (Å²) in [5, 5.41) is 3.61. The third-order valence-electron chi connectivity index (χ3n) is 4.94. The van der Waals surface area contributed by atoms with E-state index in [1.54, 1.807) is 31.3 Å². The Morgan fingerprint density at radius 2 is 2.14 bits per heavy atom. The zero-order valence-electron chi connectivity index (χ0n) is 16.3. The molecule has 2 N–H and O–H groups in total. The second-order valence-corrected chi connectivity index (χ2v) is 7.11. The van der Waals surface area contributed by atoms with Crippen LogP contribution in [0.15, 0.2) is 24.4 Å². The number of benzene rings is 1. The highest BCUT2D eigenvalue weighted by Gasteiger charge is 2.20. The number of carbonyl (C=O) groups excluding carboxylic acids is 1. The summed E-state index contributed by atoms with van der Waals surface area (Å²) >= 11 is 6.24. The molecule has 1 aromatic carbocycles. The molecule has 1 aliphatic heterocycles. The number of halogens is 1. The summed E-state index contributed by atoms with van der Waals surface area (Å²) in [6.07, 6.45) is 2.14. The van der Waals surface area contributed by atoms with Crippen LogP contribution in [-0.4, -0.2) is 66.2 Å². The van der Waals surface area contributed by atoms with Crippen LogP contribution < -0.4 is 10.1 Å². The molecule has 3 heterocycles. The molecule has 3 aromatic rings. The molecule has 0 bridgehead atoms. The van der Waals surface area contributed by atoms with Crippen molar-refractivity contribution in [2.24, 2.45) is 0 Å². The first-order valence-electron chi connectivity index (χ1n) is 9.36. The molecular formula is C20H22ClN5O3. The maximum Gasteiger partial charge on any atom is 0.254 e. The van der Waals surface area contributed by atoms with Crippen molar-refractivity contribution in [3.05, 3.63) is 46.4 Å². The predicted octanol–water partition coefficient (Wildman–Crippen LogP) is 2.72. The molecule has 1 amide bonds. The molecule has 8 nitrogen and oxygen atoms in total. The Morgan fingerprint density at radius 3 is 2.86 bits per heavy atom. The number of methoxy groups -OCH3 is 1. The zero-order valence-corrected chi connectivity index (χ0v) is 17.0. The lowest BCUT2D eigenvalue weighted by Crippen LogP contribution is -2.40. The lowest BCUT2D eigenvalue weighted by atomic mass is 10.1. The number of H-pyrrole nitrogens is 1. The molecule has 0 spiro atoms. The monoisotopic (exact) mass is 415 g/mol. The minimum Gasteiger partial charge on any atom is -0.496 e. The molecule has 1 saturated heterocycles. The van der Waals surface area contributed by atoms with E-state index in [1.165, 1.54) is 0 Å². The van der Waals surface area contributed by atoms with Gasteiger partial charge in [0.25, 0.3) is 5.91 Å². The molecule has 0 aliphatic carbocycles. The second-order valence-electron chi connectivity index (χ2n) is 6.71. The number of nitrogens with zero attached hydrogens (tertiary/aromatic N) is 3.